The lowest BCUT2D eigenvalue weighted by molar-refractivity contribution is -0.134. The Morgan fingerprint density at radius 3 is 2.40 bits per heavy atom. The first-order chi connectivity index (χ1) is 32.3. The van der Waals surface area contributed by atoms with Gasteiger partial charge in [0, 0.05) is 117 Å². The summed E-state index contributed by atoms with van der Waals surface area (Å²) in [5.41, 5.74) is 7.87. The van der Waals surface area contributed by atoms with Gasteiger partial charge in [0.15, 0.2) is 0 Å². The van der Waals surface area contributed by atoms with Crippen LogP contribution >= 0.6 is 23.1 Å². The van der Waals surface area contributed by atoms with E-state index < -0.39 is 13.1 Å². The summed E-state index contributed by atoms with van der Waals surface area (Å²) in [7, 11) is -1.03. The molecule has 4 fully saturated rings. The molecule has 4 aliphatic rings. The van der Waals surface area contributed by atoms with E-state index in [1.165, 1.54) is 11.3 Å². The number of amides is 2. The second-order valence-corrected chi connectivity index (χ2v) is 22.7. The van der Waals surface area contributed by atoms with Crippen molar-refractivity contribution in [2.24, 2.45) is 5.92 Å². The van der Waals surface area contributed by atoms with Crippen molar-refractivity contribution in [3.63, 3.8) is 0 Å². The second-order valence-electron chi connectivity index (χ2n) is 18.7. The predicted octanol–water partition coefficient (Wildman–Crippen LogP) is 7.52. The third kappa shape index (κ3) is 10.0. The number of carbonyl (C=O) groups excluding carboxylic acids is 2. The SMILES string of the molecule is CCc1cc(Nc2ncc(Br)c(Nc3ccc4nc(C)ccc4c3P(C)(C)=O)n2)c(OC)cc1N1CCC(N2CCN(CC3CN(c4ccc(C5CCC(=O)NC5=O)c(C#N)c4)C3)CC2)CC1. The Morgan fingerprint density at radius 1 is 0.925 bits per heavy atom. The molecule has 67 heavy (non-hydrogen) atoms. The molecule has 0 radical (unpaired) electrons. The average Bonchev–Trinajstić information content (AvgIpc) is 3.30. The van der Waals surface area contributed by atoms with Gasteiger partial charge in [-0.15, -0.1) is 0 Å². The number of benzene rings is 3. The van der Waals surface area contributed by atoms with Gasteiger partial charge in [-0.05, 0) is 109 Å². The normalized spacial score (nSPS) is 19.0. The van der Waals surface area contributed by atoms with E-state index in [-0.39, 0.29) is 11.8 Å². The number of carbonyl (C=O) groups is 2. The van der Waals surface area contributed by atoms with Gasteiger partial charge in [-0.1, -0.05) is 19.1 Å². The van der Waals surface area contributed by atoms with Crippen LogP contribution in [0.15, 0.2) is 65.3 Å². The molecular formula is C50H59BrN11O4P. The van der Waals surface area contributed by atoms with Crippen molar-refractivity contribution in [3.8, 4) is 11.8 Å². The minimum atomic E-state index is -2.73. The number of hydrogen-bond donors (Lipinski definition) is 3. The summed E-state index contributed by atoms with van der Waals surface area (Å²) in [5, 5.41) is 20.8. The highest BCUT2D eigenvalue weighted by Gasteiger charge is 2.34. The van der Waals surface area contributed by atoms with Crippen molar-refractivity contribution in [1.29, 1.82) is 5.26 Å². The van der Waals surface area contributed by atoms with Gasteiger partial charge >= 0.3 is 0 Å². The number of halogens is 1. The third-order valence-electron chi connectivity index (χ3n) is 13.9. The van der Waals surface area contributed by atoms with Gasteiger partial charge < -0.3 is 34.6 Å². The molecule has 1 unspecified atom stereocenters. The number of pyridine rings is 1. The molecule has 4 saturated heterocycles. The Balaban J connectivity index is 0.778. The number of imide groups is 1. The monoisotopic (exact) mass is 987 g/mol. The zero-order valence-electron chi connectivity index (χ0n) is 38.9. The number of fused-ring (bicyclic) bond motifs is 1. The number of nitrogens with one attached hydrogen (secondary N) is 3. The fraction of sp³-hybridized carbons (Fsp3) is 0.440. The minimum absolute atomic E-state index is 0.250. The van der Waals surface area contributed by atoms with Crippen LogP contribution in [0.3, 0.4) is 0 Å². The fourth-order valence-corrected chi connectivity index (χ4v) is 12.1. The van der Waals surface area contributed by atoms with Gasteiger partial charge in [-0.2, -0.15) is 10.2 Å². The van der Waals surface area contributed by atoms with Crippen LogP contribution < -0.4 is 35.8 Å². The van der Waals surface area contributed by atoms with E-state index in [9.17, 15) is 19.4 Å². The number of piperidine rings is 2. The van der Waals surface area contributed by atoms with Crippen LogP contribution in [0, 0.1) is 24.2 Å². The second kappa shape index (κ2) is 19.6. The highest BCUT2D eigenvalue weighted by atomic mass is 79.9. The molecule has 4 aliphatic heterocycles. The van der Waals surface area contributed by atoms with Gasteiger partial charge in [0.25, 0.3) is 0 Å². The minimum Gasteiger partial charge on any atom is -0.494 e. The van der Waals surface area contributed by atoms with Gasteiger partial charge in [-0.25, -0.2) is 4.98 Å². The maximum absolute atomic E-state index is 13.7. The number of nitrogens with zero attached hydrogens (tertiary/aromatic N) is 8. The Bertz CT molecular complexity index is 2790. The average molecular weight is 989 g/mol. The fourth-order valence-electron chi connectivity index (χ4n) is 10.4. The Morgan fingerprint density at radius 2 is 1.70 bits per heavy atom. The van der Waals surface area contributed by atoms with E-state index in [2.05, 4.69) is 86.6 Å². The number of anilines is 6. The Kier molecular flexibility index (Phi) is 13.6. The standard InChI is InChI=1S/C50H59BrN11O4P/c1-6-33-24-43(56-50-53-27-40(51)48(58-50)55-42-13-12-41-39(9-7-31(2)54-41)47(42)67(4,5)65)45(66-3)25-44(33)61-17-15-35(16-18-61)60-21-19-59(20-22-60)28-32-29-62(30-32)36-8-10-37(34(23-36)26-52)38-11-14-46(63)57-49(38)64/h7-10,12-13,23-25,27,32,35,38H,6,11,14-22,28-30H2,1-5H3,(H,57,63,64)(H2,53,55,56,58). The van der Waals surface area contributed by atoms with Crippen molar-refractivity contribution in [2.75, 3.05) is 99.8 Å². The molecule has 0 bridgehead atoms. The number of nitriles is 1. The molecule has 2 aromatic heterocycles. The summed E-state index contributed by atoms with van der Waals surface area (Å²) < 4.78 is 20.3. The van der Waals surface area contributed by atoms with Gasteiger partial charge in [0.2, 0.25) is 17.8 Å². The molecule has 350 valence electrons. The lowest BCUT2D eigenvalue weighted by Crippen LogP contribution is -2.57. The van der Waals surface area contributed by atoms with Gasteiger partial charge in [0.05, 0.1) is 46.0 Å². The smallest absolute Gasteiger partial charge is 0.234 e. The summed E-state index contributed by atoms with van der Waals surface area (Å²) in [6.45, 7) is 16.9. The Labute approximate surface area is 401 Å². The molecule has 1 atom stereocenters. The molecule has 0 saturated carbocycles. The number of aromatic nitrogens is 3. The summed E-state index contributed by atoms with van der Waals surface area (Å²) in [4.78, 5) is 48.4. The number of piperazine rings is 1. The van der Waals surface area contributed by atoms with Gasteiger partial charge in [-0.3, -0.25) is 24.8 Å². The topological polar surface area (TPSA) is 172 Å². The number of aryl methyl sites for hydroxylation is 2. The largest absolute Gasteiger partial charge is 0.494 e. The third-order valence-corrected chi connectivity index (χ3v) is 16.0. The van der Waals surface area contributed by atoms with Crippen LogP contribution in [0.5, 0.6) is 5.75 Å². The zero-order chi connectivity index (χ0) is 47.0. The molecule has 6 heterocycles. The molecule has 9 rings (SSSR count). The predicted molar refractivity (Wildman–Crippen MR) is 269 cm³/mol. The van der Waals surface area contributed by atoms with Crippen LogP contribution in [0.1, 0.15) is 60.9 Å². The van der Waals surface area contributed by atoms with E-state index >= 15 is 0 Å². The lowest BCUT2D eigenvalue weighted by atomic mass is 9.87. The summed E-state index contributed by atoms with van der Waals surface area (Å²) in [6.07, 6.45) is 5.51. The van der Waals surface area contributed by atoms with Crippen LogP contribution in [0.2, 0.25) is 0 Å². The van der Waals surface area contributed by atoms with Crippen LogP contribution in [0.25, 0.3) is 10.9 Å². The molecule has 0 aliphatic carbocycles. The van der Waals surface area contributed by atoms with Crippen LogP contribution in [0.4, 0.5) is 34.5 Å². The molecule has 0 spiro atoms. The molecule has 2 amide bonds. The molecule has 3 N–H and O–H groups in total. The quantitative estimate of drug-likeness (QED) is 0.0782. The lowest BCUT2D eigenvalue weighted by Gasteiger charge is -2.47. The molecule has 15 nitrogen and oxygen atoms in total. The summed E-state index contributed by atoms with van der Waals surface area (Å²) in [6, 6.07) is 20.8. The van der Waals surface area contributed by atoms with E-state index in [4.69, 9.17) is 9.72 Å². The number of hydrogen-bond acceptors (Lipinski definition) is 14. The Hall–Kier alpha value is -5.59. The van der Waals surface area contributed by atoms with Crippen molar-refractivity contribution >= 4 is 85.6 Å². The molecular weight excluding hydrogens is 930 g/mol. The zero-order valence-corrected chi connectivity index (χ0v) is 41.4. The van der Waals surface area contributed by atoms with Crippen molar-refractivity contribution < 1.29 is 18.9 Å². The number of methoxy groups -OCH3 is 1. The van der Waals surface area contributed by atoms with Crippen molar-refractivity contribution in [1.82, 2.24) is 30.1 Å². The van der Waals surface area contributed by atoms with E-state index in [0.29, 0.717) is 63.6 Å². The maximum Gasteiger partial charge on any atom is 0.234 e. The van der Waals surface area contributed by atoms with Crippen molar-refractivity contribution in [2.45, 2.75) is 57.9 Å². The first-order valence-corrected chi connectivity index (χ1v) is 26.7. The summed E-state index contributed by atoms with van der Waals surface area (Å²) >= 11 is 3.63. The highest BCUT2D eigenvalue weighted by molar-refractivity contribution is 9.10. The summed E-state index contributed by atoms with van der Waals surface area (Å²) in [5.74, 6) is 1.21. The number of rotatable bonds is 13. The molecule has 5 aromatic rings. The van der Waals surface area contributed by atoms with E-state index in [0.717, 1.165) is 111 Å². The maximum atomic E-state index is 13.7. The first-order valence-electron chi connectivity index (χ1n) is 23.4. The van der Waals surface area contributed by atoms with E-state index in [1.54, 1.807) is 26.6 Å². The van der Waals surface area contributed by atoms with Gasteiger partial charge in [0.1, 0.15) is 18.7 Å². The number of ether oxygens (including phenoxy) is 1. The van der Waals surface area contributed by atoms with E-state index in [1.807, 2.05) is 49.4 Å². The highest BCUT2D eigenvalue weighted by Crippen LogP contribution is 2.43. The molecule has 3 aromatic carbocycles. The molecule has 17 heteroatoms. The first kappa shape index (κ1) is 46.5. The van der Waals surface area contributed by atoms with Crippen LogP contribution in [-0.4, -0.2) is 122 Å². The van der Waals surface area contributed by atoms with Crippen molar-refractivity contribution in [3.05, 3.63) is 87.7 Å². The van der Waals surface area contributed by atoms with Crippen LogP contribution in [-0.2, 0) is 20.6 Å².